The van der Waals surface area contributed by atoms with Crippen molar-refractivity contribution in [3.05, 3.63) is 113 Å². The molecule has 0 aliphatic carbocycles. The number of carbonyl (C=O) groups is 1. The van der Waals surface area contributed by atoms with Crippen LogP contribution in [0.4, 0.5) is 0 Å². The molecule has 6 aromatic rings. The van der Waals surface area contributed by atoms with Crippen LogP contribution in [0.25, 0.3) is 53.3 Å². The average Bonchev–Trinajstić information content (AvgIpc) is 3.46. The molecule has 0 fully saturated rings. The molecule has 0 unspecified atom stereocenters. The fourth-order valence-corrected chi connectivity index (χ4v) is 8.68. The van der Waals surface area contributed by atoms with Crippen LogP contribution in [-0.2, 0) is 30.3 Å². The molecule has 0 aliphatic rings. The Kier molecular flexibility index (Phi) is 13.8. The van der Waals surface area contributed by atoms with Gasteiger partial charge in [0.25, 0.3) is 0 Å². The first-order valence-electron chi connectivity index (χ1n) is 18.6. The van der Waals surface area contributed by atoms with Crippen molar-refractivity contribution in [2.45, 2.75) is 100 Å². The predicted molar refractivity (Wildman–Crippen MR) is 221 cm³/mol. The van der Waals surface area contributed by atoms with Gasteiger partial charge in [0.15, 0.2) is 5.78 Å². The van der Waals surface area contributed by atoms with Crippen molar-refractivity contribution in [2.24, 2.45) is 11.8 Å². The number of pyridine rings is 1. The summed E-state index contributed by atoms with van der Waals surface area (Å²) in [5.41, 5.74) is 10.0. The zero-order valence-corrected chi connectivity index (χ0v) is 35.7. The molecule has 52 heavy (non-hydrogen) atoms. The number of rotatable bonds is 9. The Morgan fingerprint density at radius 2 is 1.46 bits per heavy atom. The topological polar surface area (TPSA) is 50.2 Å². The van der Waals surface area contributed by atoms with E-state index in [9.17, 15) is 9.90 Å². The number of thiophene rings is 1. The molecule has 2 aromatic heterocycles. The monoisotopic (exact) mass is 889 g/mol. The number of ketones is 1. The Morgan fingerprint density at radius 1 is 0.827 bits per heavy atom. The summed E-state index contributed by atoms with van der Waals surface area (Å²) < 4.78 is 2.53. The summed E-state index contributed by atoms with van der Waals surface area (Å²) in [6, 6.07) is 28.2. The second kappa shape index (κ2) is 17.5. The van der Waals surface area contributed by atoms with Gasteiger partial charge >= 0.3 is 0 Å². The van der Waals surface area contributed by atoms with Crippen molar-refractivity contribution in [1.29, 1.82) is 0 Å². The van der Waals surface area contributed by atoms with Crippen LogP contribution in [-0.4, -0.2) is 15.9 Å². The molecule has 0 bridgehead atoms. The van der Waals surface area contributed by atoms with Gasteiger partial charge in [-0.3, -0.25) is 9.78 Å². The fourth-order valence-electron chi connectivity index (χ4n) is 7.44. The minimum absolute atomic E-state index is 0. The van der Waals surface area contributed by atoms with Crippen LogP contribution in [0.5, 0.6) is 0 Å². The van der Waals surface area contributed by atoms with Crippen LogP contribution >= 0.6 is 11.3 Å². The standard InChI is InChI=1S/C34H30NS.C13H24O2.Ir/c1-20-15-21(2)31(22(3)16-20)24-11-12-27-28-13-14-35-32(33(28)36-30(27)19-24)25-17-23-9-7-8-10-26(23)29(18-25)34(4,5)6;1-5-10(6-2)12(14)9-13(15)11(7-3)8-4;/h7-16,18-19H,1-6H3;9-11,14H,5-8H2,1-4H3;/q-1;;/b;12-9-;. The molecule has 0 aliphatic heterocycles. The molecule has 0 saturated heterocycles. The number of carbonyl (C=O) groups excluding carboxylic acids is 1. The summed E-state index contributed by atoms with van der Waals surface area (Å²) in [6.07, 6.45) is 6.86. The molecule has 0 atom stereocenters. The van der Waals surface area contributed by atoms with Gasteiger partial charge in [0.05, 0.1) is 5.76 Å². The Balaban J connectivity index is 0.000000323. The second-order valence-electron chi connectivity index (χ2n) is 15.0. The summed E-state index contributed by atoms with van der Waals surface area (Å²) in [5.74, 6) is 0.547. The van der Waals surface area contributed by atoms with E-state index in [0.29, 0.717) is 0 Å². The van der Waals surface area contributed by atoms with E-state index < -0.39 is 0 Å². The molecule has 275 valence electrons. The van der Waals surface area contributed by atoms with Gasteiger partial charge in [-0.1, -0.05) is 107 Å². The summed E-state index contributed by atoms with van der Waals surface area (Å²) in [7, 11) is 0. The third-order valence-electron chi connectivity index (χ3n) is 10.3. The number of aliphatic hydroxyl groups is 1. The first-order chi connectivity index (χ1) is 24.3. The maximum Gasteiger partial charge on any atom is 0.162 e. The number of aryl methyl sites for hydroxylation is 3. The minimum Gasteiger partial charge on any atom is -0.512 e. The summed E-state index contributed by atoms with van der Waals surface area (Å²) in [4.78, 5) is 16.6. The number of fused-ring (bicyclic) bond motifs is 4. The van der Waals surface area contributed by atoms with Crippen LogP contribution in [0.2, 0.25) is 0 Å². The molecule has 4 aromatic carbocycles. The van der Waals surface area contributed by atoms with E-state index in [4.69, 9.17) is 4.98 Å². The molecule has 2 heterocycles. The van der Waals surface area contributed by atoms with Crippen molar-refractivity contribution < 1.29 is 30.0 Å². The first-order valence-corrected chi connectivity index (χ1v) is 19.4. The van der Waals surface area contributed by atoms with Crippen LogP contribution in [0, 0.1) is 38.7 Å². The van der Waals surface area contributed by atoms with E-state index in [1.165, 1.54) is 65.0 Å². The number of hydrogen-bond donors (Lipinski definition) is 1. The van der Waals surface area contributed by atoms with Gasteiger partial charge in [-0.15, -0.1) is 40.5 Å². The molecule has 0 amide bonds. The number of aromatic nitrogens is 1. The number of aliphatic hydroxyl groups excluding tert-OH is 1. The van der Waals surface area contributed by atoms with Crippen molar-refractivity contribution in [2.75, 3.05) is 0 Å². The Bertz CT molecular complexity index is 2190. The molecule has 1 N–H and O–H groups in total. The van der Waals surface area contributed by atoms with Crippen molar-refractivity contribution in [3.63, 3.8) is 0 Å². The SMILES string of the molecule is CCC(CC)C(=O)/C=C(\O)C(CC)CC.Cc1cc(C)c(-c2ccc3c(c2)sc2c(-c4[c-]c5ccccc5c(C(C)(C)C)c4)nccc23)c(C)c1.[Ir]. The van der Waals surface area contributed by atoms with Crippen LogP contribution < -0.4 is 0 Å². The van der Waals surface area contributed by atoms with Crippen LogP contribution in [0.3, 0.4) is 0 Å². The van der Waals surface area contributed by atoms with Crippen LogP contribution in [0.15, 0.2) is 84.8 Å². The maximum atomic E-state index is 11.7. The van der Waals surface area contributed by atoms with Crippen LogP contribution in [0.1, 0.15) is 96.4 Å². The predicted octanol–water partition coefficient (Wildman–Crippen LogP) is 13.8. The molecular weight excluding hydrogens is 835 g/mol. The van der Waals surface area contributed by atoms with E-state index >= 15 is 0 Å². The maximum absolute atomic E-state index is 11.7. The molecule has 0 saturated carbocycles. The van der Waals surface area contributed by atoms with Gasteiger partial charge in [-0.05, 0) is 97.0 Å². The normalized spacial score (nSPS) is 12.0. The zero-order valence-electron chi connectivity index (χ0n) is 32.5. The molecule has 6 rings (SSSR count). The van der Waals surface area contributed by atoms with Gasteiger partial charge in [0.2, 0.25) is 0 Å². The van der Waals surface area contributed by atoms with E-state index in [2.05, 4.69) is 114 Å². The second-order valence-corrected chi connectivity index (χ2v) is 16.1. The third-order valence-corrected chi connectivity index (χ3v) is 11.4. The quantitative estimate of drug-likeness (QED) is 0.0894. The van der Waals surface area contributed by atoms with E-state index in [-0.39, 0.29) is 48.9 Å². The summed E-state index contributed by atoms with van der Waals surface area (Å²) in [6.45, 7) is 21.5. The molecule has 3 nitrogen and oxygen atoms in total. The number of hydrogen-bond acceptors (Lipinski definition) is 4. The number of benzene rings is 4. The molecular formula is C47H54IrNO2S-. The van der Waals surface area contributed by atoms with Crippen molar-refractivity contribution >= 4 is 48.1 Å². The fraction of sp³-hybridized carbons (Fsp3) is 0.362. The number of nitrogens with zero attached hydrogens (tertiary/aromatic N) is 1. The minimum atomic E-state index is 0. The average molecular weight is 889 g/mol. The zero-order chi connectivity index (χ0) is 37.0. The number of allylic oxidation sites excluding steroid dienone is 2. The largest absolute Gasteiger partial charge is 0.512 e. The summed E-state index contributed by atoms with van der Waals surface area (Å²) >= 11 is 1.84. The third kappa shape index (κ3) is 8.76. The Morgan fingerprint density at radius 3 is 2.08 bits per heavy atom. The van der Waals surface area contributed by atoms with Gasteiger partial charge in [0, 0.05) is 59.3 Å². The molecule has 1 radical (unpaired) electrons. The van der Waals surface area contributed by atoms with Crippen molar-refractivity contribution in [3.8, 4) is 22.4 Å². The van der Waals surface area contributed by atoms with E-state index in [1.807, 2.05) is 45.2 Å². The van der Waals surface area contributed by atoms with Gasteiger partial charge in [-0.2, -0.15) is 0 Å². The molecule has 5 heteroatoms. The first kappa shape index (κ1) is 41.1. The Hall–Kier alpha value is -3.63. The van der Waals surface area contributed by atoms with Gasteiger partial charge in [-0.25, -0.2) is 0 Å². The smallest absolute Gasteiger partial charge is 0.162 e. The van der Waals surface area contributed by atoms with Gasteiger partial charge < -0.3 is 5.11 Å². The molecule has 0 spiro atoms. The van der Waals surface area contributed by atoms with Crippen molar-refractivity contribution in [1.82, 2.24) is 4.98 Å². The Labute approximate surface area is 328 Å². The van der Waals surface area contributed by atoms with E-state index in [1.54, 1.807) is 0 Å². The summed E-state index contributed by atoms with van der Waals surface area (Å²) in [5, 5.41) is 14.7. The van der Waals surface area contributed by atoms with Gasteiger partial charge in [0.1, 0.15) is 0 Å². The van der Waals surface area contributed by atoms with E-state index in [0.717, 1.165) is 42.3 Å².